The molecule has 0 heterocycles. The molecule has 0 saturated heterocycles. The van der Waals surface area contributed by atoms with E-state index in [0.29, 0.717) is 0 Å². The summed E-state index contributed by atoms with van der Waals surface area (Å²) in [6, 6.07) is 0. The summed E-state index contributed by atoms with van der Waals surface area (Å²) in [5.74, 6) is 0. The summed E-state index contributed by atoms with van der Waals surface area (Å²) < 4.78 is 31.6. The van der Waals surface area contributed by atoms with E-state index in [1.807, 2.05) is 0 Å². The molecule has 0 radical (unpaired) electrons. The van der Waals surface area contributed by atoms with Crippen LogP contribution in [0.4, 0.5) is 0 Å². The second-order valence-electron chi connectivity index (χ2n) is 0.895. The summed E-state index contributed by atoms with van der Waals surface area (Å²) in [7, 11) is -4.67. The maximum atomic E-state index is 8.74. The molecule has 0 aromatic carbocycles. The van der Waals surface area contributed by atoms with Crippen LogP contribution < -0.4 is 0 Å². The van der Waals surface area contributed by atoms with Gasteiger partial charge >= 0.3 is 27.5 Å². The first kappa shape index (κ1) is 23.0. The Morgan fingerprint density at radius 3 is 0.857 bits per heavy atom. The van der Waals surface area contributed by atoms with Crippen LogP contribution in [0.25, 0.3) is 0 Å². The molecule has 0 saturated carbocycles. The Morgan fingerprint density at radius 1 is 0.857 bits per heavy atom. The average Bonchev–Trinajstić information content (AvgIpc) is 1.50. The molecule has 0 aliphatic carbocycles. The normalized spacial score (nSPS) is 7.57. The topological polar surface area (TPSA) is 207 Å². The van der Waals surface area contributed by atoms with Gasteiger partial charge in [-0.3, -0.25) is 9.11 Å². The monoisotopic (exact) mass is 278 g/mol. The van der Waals surface area contributed by atoms with Crippen LogP contribution in [0.2, 0.25) is 0 Å². The molecule has 0 atom stereocenters. The fourth-order valence-corrected chi connectivity index (χ4v) is 0. The summed E-state index contributed by atoms with van der Waals surface area (Å²) in [4.78, 5) is 16.5. The van der Waals surface area contributed by atoms with Crippen LogP contribution >= 0.6 is 0 Å². The predicted molar refractivity (Wildman–Crippen MR) is 34.9 cm³/mol. The van der Waals surface area contributed by atoms with E-state index in [0.717, 1.165) is 0 Å². The smallest absolute Gasteiger partial charge is 0.356 e. The molecule has 0 aliphatic rings. The number of nitrogens with zero attached hydrogens (tertiary/aromatic N) is 2. The molecule has 0 bridgehead atoms. The Bertz CT molecular complexity index is 213. The quantitative estimate of drug-likeness (QED) is 0.235. The molecular weight excluding hydrogens is 276 g/mol. The Hall–Kier alpha value is -1.21. The molecule has 14 heavy (non-hydrogen) atoms. The van der Waals surface area contributed by atoms with Gasteiger partial charge in [0.05, 0.1) is 10.2 Å². The van der Waals surface area contributed by atoms with Crippen molar-refractivity contribution in [1.82, 2.24) is 0 Å². The molecule has 0 aromatic rings. The number of rotatable bonds is 0. The van der Waals surface area contributed by atoms with E-state index >= 15 is 0 Å². The molecule has 14 heteroatoms. The third-order valence-corrected chi connectivity index (χ3v) is 0. The zero-order chi connectivity index (χ0) is 11.7. The minimum atomic E-state index is -4.67. The third kappa shape index (κ3) is 706. The fourth-order valence-electron chi connectivity index (χ4n) is 0. The van der Waals surface area contributed by atoms with Crippen molar-refractivity contribution in [1.29, 1.82) is 0 Å². The van der Waals surface area contributed by atoms with E-state index in [1.165, 1.54) is 0 Å². The van der Waals surface area contributed by atoms with E-state index in [-0.39, 0.29) is 17.1 Å². The molecule has 12 nitrogen and oxygen atoms in total. The van der Waals surface area contributed by atoms with E-state index in [9.17, 15) is 0 Å². The van der Waals surface area contributed by atoms with Gasteiger partial charge in [-0.05, 0) is 0 Å². The van der Waals surface area contributed by atoms with Gasteiger partial charge in [0.2, 0.25) is 0 Å². The van der Waals surface area contributed by atoms with Crippen molar-refractivity contribution < 1.29 is 44.8 Å². The largest absolute Gasteiger partial charge is 2.00 e. The van der Waals surface area contributed by atoms with Gasteiger partial charge in [0, 0.05) is 0 Å². The van der Waals surface area contributed by atoms with Crippen LogP contribution in [0.1, 0.15) is 0 Å². The maximum Gasteiger partial charge on any atom is 2.00 e. The van der Waals surface area contributed by atoms with E-state index in [1.54, 1.807) is 0 Å². The Labute approximate surface area is 86.4 Å². The SMILES string of the molecule is O=S(=O)(O)O.O=[N+]([O-])[O-].O=[N+]([O-])[O-].[Fe+2]. The fraction of sp³-hybridized carbons (Fsp3) is 0. The second kappa shape index (κ2) is 11.8. The van der Waals surface area contributed by atoms with Gasteiger partial charge in [-0.2, -0.15) is 8.42 Å². The van der Waals surface area contributed by atoms with Crippen LogP contribution in [0.5, 0.6) is 0 Å². The van der Waals surface area contributed by atoms with Crippen LogP contribution in [-0.2, 0) is 27.5 Å². The summed E-state index contributed by atoms with van der Waals surface area (Å²) in [6.45, 7) is 0. The van der Waals surface area contributed by atoms with Gasteiger partial charge in [-0.25, -0.2) is 0 Å². The van der Waals surface area contributed by atoms with Gasteiger partial charge in [-0.15, -0.1) is 0 Å². The molecule has 0 unspecified atom stereocenters. The van der Waals surface area contributed by atoms with Crippen molar-refractivity contribution >= 4 is 10.4 Å². The molecular formula is H2FeN2O10S. The van der Waals surface area contributed by atoms with E-state index < -0.39 is 20.6 Å². The Morgan fingerprint density at radius 2 is 0.857 bits per heavy atom. The zero-order valence-electron chi connectivity index (χ0n) is 5.82. The van der Waals surface area contributed by atoms with E-state index in [4.69, 9.17) is 48.2 Å². The third-order valence-electron chi connectivity index (χ3n) is 0. The van der Waals surface area contributed by atoms with Crippen molar-refractivity contribution in [2.24, 2.45) is 0 Å². The predicted octanol–water partition coefficient (Wildman–Crippen LogP) is -1.13. The first-order valence-corrected chi connectivity index (χ1v) is 3.19. The van der Waals surface area contributed by atoms with Crippen LogP contribution in [0.3, 0.4) is 0 Å². The van der Waals surface area contributed by atoms with Crippen LogP contribution in [-0.4, -0.2) is 27.7 Å². The van der Waals surface area contributed by atoms with Gasteiger partial charge in [-0.1, -0.05) is 0 Å². The molecule has 0 aliphatic heterocycles. The van der Waals surface area contributed by atoms with Crippen molar-refractivity contribution in [3.8, 4) is 0 Å². The van der Waals surface area contributed by atoms with Gasteiger partial charge < -0.3 is 30.6 Å². The minimum Gasteiger partial charge on any atom is -0.356 e. The summed E-state index contributed by atoms with van der Waals surface area (Å²) in [6.07, 6.45) is 0. The molecule has 0 amide bonds. The first-order chi connectivity index (χ1) is 5.46. The average molecular weight is 278 g/mol. The van der Waals surface area contributed by atoms with Crippen molar-refractivity contribution in [2.45, 2.75) is 0 Å². The minimum absolute atomic E-state index is 0. The van der Waals surface area contributed by atoms with Crippen molar-refractivity contribution in [3.63, 3.8) is 0 Å². The van der Waals surface area contributed by atoms with Gasteiger partial charge in [0.15, 0.2) is 0 Å². The molecule has 86 valence electrons. The summed E-state index contributed by atoms with van der Waals surface area (Å²) in [5, 5.41) is 29.5. The number of hydrogen-bond acceptors (Lipinski definition) is 8. The van der Waals surface area contributed by atoms with Gasteiger partial charge in [0.25, 0.3) is 0 Å². The maximum absolute atomic E-state index is 8.74. The zero-order valence-corrected chi connectivity index (χ0v) is 7.74. The Kier molecular flexibility index (Phi) is 19.4. The molecule has 0 aromatic heterocycles. The molecule has 0 spiro atoms. The van der Waals surface area contributed by atoms with E-state index in [2.05, 4.69) is 0 Å². The molecule has 2 N–H and O–H groups in total. The summed E-state index contributed by atoms with van der Waals surface area (Å²) >= 11 is 0. The molecule has 0 rings (SSSR count). The van der Waals surface area contributed by atoms with Crippen LogP contribution in [0.15, 0.2) is 0 Å². The summed E-state index contributed by atoms with van der Waals surface area (Å²) in [5.41, 5.74) is 0. The van der Waals surface area contributed by atoms with Crippen molar-refractivity contribution in [2.75, 3.05) is 0 Å². The van der Waals surface area contributed by atoms with Gasteiger partial charge in [0.1, 0.15) is 0 Å². The first-order valence-electron chi connectivity index (χ1n) is 1.79. The Balaban J connectivity index is -0.0000000522. The number of hydrogen-bond donors (Lipinski definition) is 2. The molecule has 0 fully saturated rings. The second-order valence-corrected chi connectivity index (χ2v) is 1.79. The standard InChI is InChI=1S/Fe.2NO3.H2O4S/c;2*2-1(3)4;1-5(2,3)4/h;;;(H2,1,2,3,4)/q+2;2*-1;. The van der Waals surface area contributed by atoms with Crippen molar-refractivity contribution in [3.05, 3.63) is 30.6 Å². The van der Waals surface area contributed by atoms with Crippen LogP contribution in [0, 0.1) is 30.6 Å².